The molecule has 2 rings (SSSR count). The first-order valence-electron chi connectivity index (χ1n) is 13.5. The van der Waals surface area contributed by atoms with Crippen LogP contribution in [0.5, 0.6) is 11.5 Å². The largest absolute Gasteiger partial charge is 0.494 e. The highest BCUT2D eigenvalue weighted by Gasteiger charge is 2.19. The van der Waals surface area contributed by atoms with Gasteiger partial charge in [0, 0.05) is 0 Å². The Morgan fingerprint density at radius 1 is 0.471 bits per heavy atom. The molecule has 0 aliphatic carbocycles. The zero-order chi connectivity index (χ0) is 24.1. The van der Waals surface area contributed by atoms with E-state index in [2.05, 4.69) is 62.4 Å². The summed E-state index contributed by atoms with van der Waals surface area (Å²) in [6, 6.07) is 17.8. The van der Waals surface area contributed by atoms with Crippen LogP contribution in [0.3, 0.4) is 0 Å². The van der Waals surface area contributed by atoms with E-state index in [0.29, 0.717) is 0 Å². The Kier molecular flexibility index (Phi) is 18.1. The Bertz CT molecular complexity index is 652. The maximum atomic E-state index is 5.92. The first-order chi connectivity index (χ1) is 16.8. The SMILES string of the molecule is CCCCCCCCOc1ccc([I+]CC[I+]c2ccc(OCCCCCCCC)cc2)cc1. The van der Waals surface area contributed by atoms with Crippen molar-refractivity contribution in [3.05, 3.63) is 55.7 Å². The Hall–Kier alpha value is -0.500. The molecular formula is C30H46I2O2+2. The highest BCUT2D eigenvalue weighted by atomic mass is 127. The number of halogens is 2. The van der Waals surface area contributed by atoms with Gasteiger partial charge in [-0.25, -0.2) is 0 Å². The number of alkyl halides is 2. The normalized spacial score (nSPS) is 11.0. The van der Waals surface area contributed by atoms with Gasteiger partial charge >= 0.3 is 42.4 Å². The molecule has 0 spiro atoms. The molecule has 0 heterocycles. The van der Waals surface area contributed by atoms with Crippen LogP contribution >= 0.6 is 0 Å². The maximum Gasteiger partial charge on any atom is 0.317 e. The molecule has 34 heavy (non-hydrogen) atoms. The lowest BCUT2D eigenvalue weighted by Gasteiger charge is -2.05. The van der Waals surface area contributed by atoms with Crippen molar-refractivity contribution >= 4 is 0 Å². The summed E-state index contributed by atoms with van der Waals surface area (Å²) in [6.07, 6.45) is 15.7. The summed E-state index contributed by atoms with van der Waals surface area (Å²) in [4.78, 5) is 0. The molecule has 2 aromatic rings. The molecular weight excluding hydrogens is 646 g/mol. The quantitative estimate of drug-likeness (QED) is 0.114. The van der Waals surface area contributed by atoms with Gasteiger partial charge in [-0.1, -0.05) is 78.1 Å². The van der Waals surface area contributed by atoms with E-state index in [-0.39, 0.29) is 42.4 Å². The van der Waals surface area contributed by atoms with Crippen molar-refractivity contribution in [3.63, 3.8) is 0 Å². The summed E-state index contributed by atoms with van der Waals surface area (Å²) in [7, 11) is 0. The second-order valence-corrected chi connectivity index (χ2v) is 15.0. The second kappa shape index (κ2) is 20.7. The third kappa shape index (κ3) is 14.8. The van der Waals surface area contributed by atoms with E-state index >= 15 is 0 Å². The van der Waals surface area contributed by atoms with Crippen LogP contribution in [0.4, 0.5) is 0 Å². The van der Waals surface area contributed by atoms with E-state index in [0.717, 1.165) is 24.7 Å². The van der Waals surface area contributed by atoms with Crippen LogP contribution in [-0.2, 0) is 0 Å². The number of benzene rings is 2. The highest BCUT2D eigenvalue weighted by Crippen LogP contribution is 2.11. The van der Waals surface area contributed by atoms with E-state index in [1.165, 1.54) is 93.0 Å². The van der Waals surface area contributed by atoms with Crippen molar-refractivity contribution in [3.8, 4) is 11.5 Å². The molecule has 0 atom stereocenters. The Morgan fingerprint density at radius 2 is 0.824 bits per heavy atom. The first-order valence-corrected chi connectivity index (χ1v) is 18.7. The zero-order valence-electron chi connectivity index (χ0n) is 21.5. The van der Waals surface area contributed by atoms with E-state index < -0.39 is 0 Å². The van der Waals surface area contributed by atoms with Gasteiger partial charge < -0.3 is 9.47 Å². The molecule has 2 aromatic carbocycles. The summed E-state index contributed by atoms with van der Waals surface area (Å²) in [5.74, 6) is 2.07. The minimum atomic E-state index is 0.114. The average Bonchev–Trinajstić information content (AvgIpc) is 2.87. The fourth-order valence-corrected chi connectivity index (χ4v) is 9.80. The lowest BCUT2D eigenvalue weighted by Crippen LogP contribution is -3.70. The standard InChI is InChI=1S/C30H46I2O2/c1-3-5-7-9-11-13-25-33-29-19-15-27(16-20-29)31-23-24-32-28-17-21-30(22-18-28)34-26-14-12-10-8-6-4-2/h15-22H,3-14,23-26H2,1-2H3/q+2. The number of unbranched alkanes of at least 4 members (excludes halogenated alkanes) is 10. The van der Waals surface area contributed by atoms with Crippen molar-refractivity contribution in [2.75, 3.05) is 22.1 Å². The van der Waals surface area contributed by atoms with Crippen LogP contribution in [0.25, 0.3) is 0 Å². The number of ether oxygens (including phenoxy) is 2. The van der Waals surface area contributed by atoms with Crippen molar-refractivity contribution in [2.24, 2.45) is 0 Å². The smallest absolute Gasteiger partial charge is 0.317 e. The molecule has 0 radical (unpaired) electrons. The molecule has 0 unspecified atom stereocenters. The second-order valence-electron chi connectivity index (χ2n) is 8.79. The van der Waals surface area contributed by atoms with Crippen molar-refractivity contribution < 1.29 is 51.9 Å². The molecule has 0 N–H and O–H groups in total. The minimum absolute atomic E-state index is 0.114. The maximum absolute atomic E-state index is 5.92. The summed E-state index contributed by atoms with van der Waals surface area (Å²) in [5.41, 5.74) is 0. The fraction of sp³-hybridized carbons (Fsp3) is 0.600. The van der Waals surface area contributed by atoms with Gasteiger partial charge in [-0.3, -0.25) is 0 Å². The molecule has 190 valence electrons. The summed E-state index contributed by atoms with van der Waals surface area (Å²) in [6.45, 7) is 6.24. The third-order valence-electron chi connectivity index (χ3n) is 5.73. The number of rotatable bonds is 21. The van der Waals surface area contributed by atoms with Crippen molar-refractivity contribution in [2.45, 2.75) is 90.9 Å². The average molecular weight is 693 g/mol. The minimum Gasteiger partial charge on any atom is -0.494 e. The first kappa shape index (κ1) is 29.7. The Balaban J connectivity index is 1.51. The molecule has 0 amide bonds. The number of hydrogen-bond acceptors (Lipinski definition) is 2. The van der Waals surface area contributed by atoms with Gasteiger partial charge in [0.05, 0.1) is 13.2 Å². The van der Waals surface area contributed by atoms with Crippen LogP contribution in [-0.4, -0.2) is 22.1 Å². The molecule has 0 aliphatic rings. The Morgan fingerprint density at radius 3 is 1.21 bits per heavy atom. The molecule has 0 aliphatic heterocycles. The van der Waals surface area contributed by atoms with Crippen LogP contribution in [0.2, 0.25) is 0 Å². The molecule has 4 heteroatoms. The van der Waals surface area contributed by atoms with Gasteiger partial charge in [0.25, 0.3) is 0 Å². The predicted octanol–water partition coefficient (Wildman–Crippen LogP) is 2.38. The van der Waals surface area contributed by atoms with E-state index in [4.69, 9.17) is 9.47 Å². The van der Waals surface area contributed by atoms with Gasteiger partial charge in [-0.15, -0.1) is 0 Å². The summed E-state index contributed by atoms with van der Waals surface area (Å²) < 4.78 is 17.7. The lowest BCUT2D eigenvalue weighted by atomic mass is 10.1. The summed E-state index contributed by atoms with van der Waals surface area (Å²) >= 11 is 0.228. The molecule has 2 nitrogen and oxygen atoms in total. The van der Waals surface area contributed by atoms with Gasteiger partial charge in [0.15, 0.2) is 16.0 Å². The third-order valence-corrected chi connectivity index (χ3v) is 13.2. The van der Waals surface area contributed by atoms with Crippen molar-refractivity contribution in [1.29, 1.82) is 0 Å². The van der Waals surface area contributed by atoms with E-state index in [1.807, 2.05) is 0 Å². The van der Waals surface area contributed by atoms with Crippen LogP contribution in [0, 0.1) is 7.14 Å². The molecule has 0 fully saturated rings. The van der Waals surface area contributed by atoms with E-state index in [1.54, 1.807) is 0 Å². The molecule has 0 saturated heterocycles. The van der Waals surface area contributed by atoms with Gasteiger partial charge in [-0.05, 0) is 61.4 Å². The highest BCUT2D eigenvalue weighted by molar-refractivity contribution is 5.21. The molecule has 0 aromatic heterocycles. The summed E-state index contributed by atoms with van der Waals surface area (Å²) in [5, 5.41) is 0. The van der Waals surface area contributed by atoms with Crippen LogP contribution < -0.4 is 51.9 Å². The topological polar surface area (TPSA) is 18.5 Å². The lowest BCUT2D eigenvalue weighted by molar-refractivity contribution is -0.697. The predicted molar refractivity (Wildman–Crippen MR) is 138 cm³/mol. The van der Waals surface area contributed by atoms with Crippen LogP contribution in [0.1, 0.15) is 90.9 Å². The Labute approximate surface area is 230 Å². The number of hydrogen-bond donors (Lipinski definition) is 0. The van der Waals surface area contributed by atoms with Gasteiger partial charge in [0.1, 0.15) is 11.5 Å². The van der Waals surface area contributed by atoms with Crippen LogP contribution in [0.15, 0.2) is 48.5 Å². The monoisotopic (exact) mass is 692 g/mol. The molecule has 0 bridgehead atoms. The fourth-order valence-electron chi connectivity index (χ4n) is 3.67. The molecule has 0 saturated carbocycles. The zero-order valence-corrected chi connectivity index (χ0v) is 25.8. The van der Waals surface area contributed by atoms with Gasteiger partial charge in [-0.2, -0.15) is 0 Å². The van der Waals surface area contributed by atoms with Crippen molar-refractivity contribution in [1.82, 2.24) is 0 Å². The van der Waals surface area contributed by atoms with Gasteiger partial charge in [0.2, 0.25) is 0 Å². The van der Waals surface area contributed by atoms with E-state index in [9.17, 15) is 0 Å².